The zero-order chi connectivity index (χ0) is 12.1. The van der Waals surface area contributed by atoms with E-state index in [0.29, 0.717) is 11.7 Å². The second-order valence-corrected chi connectivity index (χ2v) is 5.24. The second-order valence-electron chi connectivity index (χ2n) is 4.23. The smallest absolute Gasteiger partial charge is 0.131 e. The van der Waals surface area contributed by atoms with Gasteiger partial charge < -0.3 is 10.8 Å². The van der Waals surface area contributed by atoms with Gasteiger partial charge in [-0.1, -0.05) is 20.8 Å². The predicted octanol–water partition coefficient (Wildman–Crippen LogP) is 1.90. The third kappa shape index (κ3) is 3.35. The summed E-state index contributed by atoms with van der Waals surface area (Å²) < 4.78 is 0. The van der Waals surface area contributed by atoms with Gasteiger partial charge in [-0.25, -0.2) is 9.97 Å². The first kappa shape index (κ1) is 13.3. The minimum atomic E-state index is 0.199. The van der Waals surface area contributed by atoms with Crippen LogP contribution in [-0.4, -0.2) is 27.4 Å². The summed E-state index contributed by atoms with van der Waals surface area (Å²) in [4.78, 5) is 8.27. The first-order valence-electron chi connectivity index (χ1n) is 5.40. The largest absolute Gasteiger partial charge is 0.396 e. The van der Waals surface area contributed by atoms with E-state index in [0.717, 1.165) is 16.3 Å². The van der Waals surface area contributed by atoms with Crippen LogP contribution >= 0.6 is 11.8 Å². The molecular formula is C11H19N3OS. The highest BCUT2D eigenvalue weighted by molar-refractivity contribution is 7.99. The van der Waals surface area contributed by atoms with Crippen LogP contribution in [-0.2, 0) is 0 Å². The molecular weight excluding hydrogens is 222 g/mol. The summed E-state index contributed by atoms with van der Waals surface area (Å²) in [6.45, 7) is 6.36. The molecule has 1 aromatic heterocycles. The number of aromatic nitrogens is 2. The minimum Gasteiger partial charge on any atom is -0.396 e. The van der Waals surface area contributed by atoms with Crippen LogP contribution in [0.25, 0.3) is 0 Å². The van der Waals surface area contributed by atoms with E-state index >= 15 is 0 Å². The maximum absolute atomic E-state index is 8.98. The fourth-order valence-corrected chi connectivity index (χ4v) is 2.49. The van der Waals surface area contributed by atoms with Gasteiger partial charge in [0, 0.05) is 17.9 Å². The quantitative estimate of drug-likeness (QED) is 0.608. The average Bonchev–Trinajstić information content (AvgIpc) is 2.25. The van der Waals surface area contributed by atoms with Crippen molar-refractivity contribution < 1.29 is 5.11 Å². The number of rotatable bonds is 5. The van der Waals surface area contributed by atoms with E-state index in [2.05, 4.69) is 23.8 Å². The molecule has 16 heavy (non-hydrogen) atoms. The summed E-state index contributed by atoms with van der Waals surface area (Å²) >= 11 is 1.63. The lowest BCUT2D eigenvalue weighted by Crippen LogP contribution is -2.07. The lowest BCUT2D eigenvalue weighted by Gasteiger charge is -2.14. The van der Waals surface area contributed by atoms with Crippen molar-refractivity contribution in [1.29, 1.82) is 0 Å². The molecule has 0 amide bonds. The Labute approximate surface area is 101 Å². The summed E-state index contributed by atoms with van der Waals surface area (Å²) in [5, 5.41) is 9.91. The molecule has 0 radical (unpaired) electrons. The molecule has 0 spiro atoms. The Morgan fingerprint density at radius 1 is 1.38 bits per heavy atom. The topological polar surface area (TPSA) is 72.0 Å². The highest BCUT2D eigenvalue weighted by Gasteiger charge is 2.14. The molecule has 1 unspecified atom stereocenters. The number of hydrogen-bond donors (Lipinski definition) is 2. The highest BCUT2D eigenvalue weighted by Crippen LogP contribution is 2.30. The Kier molecular flexibility index (Phi) is 5.02. The van der Waals surface area contributed by atoms with Crippen LogP contribution in [0.1, 0.15) is 32.3 Å². The van der Waals surface area contributed by atoms with Crippen molar-refractivity contribution in [3.63, 3.8) is 0 Å². The highest BCUT2D eigenvalue weighted by atomic mass is 32.2. The second kappa shape index (κ2) is 6.06. The van der Waals surface area contributed by atoms with Crippen LogP contribution in [0.5, 0.6) is 0 Å². The van der Waals surface area contributed by atoms with E-state index in [4.69, 9.17) is 10.8 Å². The standard InChI is InChI=1S/C11H19N3OS/c1-7(2)9-10(12)13-6-14-11(9)16-5-8(3)4-15/h6-8,15H,4-5H2,1-3H3,(H2,12,13,14). The van der Waals surface area contributed by atoms with Gasteiger partial charge in [0.2, 0.25) is 0 Å². The fraction of sp³-hybridized carbons (Fsp3) is 0.636. The van der Waals surface area contributed by atoms with Crippen LogP contribution in [0.4, 0.5) is 5.82 Å². The van der Waals surface area contributed by atoms with E-state index < -0.39 is 0 Å². The maximum Gasteiger partial charge on any atom is 0.131 e. The summed E-state index contributed by atoms with van der Waals surface area (Å²) in [5.41, 5.74) is 6.86. The van der Waals surface area contributed by atoms with E-state index in [-0.39, 0.29) is 12.5 Å². The summed E-state index contributed by atoms with van der Waals surface area (Å²) in [6, 6.07) is 0. The number of hydrogen-bond acceptors (Lipinski definition) is 5. The Hall–Kier alpha value is -0.810. The Bertz CT molecular complexity index is 344. The lowest BCUT2D eigenvalue weighted by atomic mass is 10.1. The normalized spacial score (nSPS) is 13.1. The first-order valence-corrected chi connectivity index (χ1v) is 6.38. The molecule has 0 aliphatic rings. The van der Waals surface area contributed by atoms with Gasteiger partial charge >= 0.3 is 0 Å². The molecule has 0 saturated heterocycles. The number of aliphatic hydroxyl groups is 1. The van der Waals surface area contributed by atoms with Gasteiger partial charge in [-0.3, -0.25) is 0 Å². The van der Waals surface area contributed by atoms with Crippen LogP contribution in [0.15, 0.2) is 11.4 Å². The molecule has 1 atom stereocenters. The molecule has 1 rings (SSSR count). The van der Waals surface area contributed by atoms with Crippen molar-refractivity contribution in [3.8, 4) is 0 Å². The summed E-state index contributed by atoms with van der Waals surface area (Å²) in [7, 11) is 0. The molecule has 90 valence electrons. The monoisotopic (exact) mass is 241 g/mol. The summed E-state index contributed by atoms with van der Waals surface area (Å²) in [6.07, 6.45) is 1.49. The van der Waals surface area contributed by atoms with Crippen LogP contribution < -0.4 is 5.73 Å². The van der Waals surface area contributed by atoms with Gasteiger partial charge in [-0.05, 0) is 11.8 Å². The summed E-state index contributed by atoms with van der Waals surface area (Å²) in [5.74, 6) is 1.98. The number of nitrogens with zero attached hydrogens (tertiary/aromatic N) is 2. The molecule has 0 aliphatic carbocycles. The van der Waals surface area contributed by atoms with E-state index in [1.54, 1.807) is 11.8 Å². The van der Waals surface area contributed by atoms with Crippen molar-refractivity contribution in [1.82, 2.24) is 9.97 Å². The zero-order valence-corrected chi connectivity index (χ0v) is 10.8. The predicted molar refractivity (Wildman–Crippen MR) is 67.5 cm³/mol. The zero-order valence-electron chi connectivity index (χ0n) is 9.97. The van der Waals surface area contributed by atoms with Gasteiger partial charge in [0.15, 0.2) is 0 Å². The van der Waals surface area contributed by atoms with Crippen molar-refractivity contribution in [2.24, 2.45) is 5.92 Å². The molecule has 3 N–H and O–H groups in total. The van der Waals surface area contributed by atoms with Gasteiger partial charge in [-0.2, -0.15) is 0 Å². The Morgan fingerprint density at radius 3 is 2.62 bits per heavy atom. The van der Waals surface area contributed by atoms with Crippen molar-refractivity contribution >= 4 is 17.6 Å². The van der Waals surface area contributed by atoms with Crippen LogP contribution in [0, 0.1) is 5.92 Å². The van der Waals surface area contributed by atoms with Gasteiger partial charge in [0.1, 0.15) is 17.2 Å². The molecule has 1 heterocycles. The van der Waals surface area contributed by atoms with E-state index in [9.17, 15) is 0 Å². The molecule has 0 fully saturated rings. The Morgan fingerprint density at radius 2 is 2.06 bits per heavy atom. The number of nitrogens with two attached hydrogens (primary N) is 1. The molecule has 0 aromatic carbocycles. The third-order valence-electron chi connectivity index (χ3n) is 2.27. The minimum absolute atomic E-state index is 0.199. The molecule has 4 nitrogen and oxygen atoms in total. The van der Waals surface area contributed by atoms with Crippen LogP contribution in [0.2, 0.25) is 0 Å². The maximum atomic E-state index is 8.98. The average molecular weight is 241 g/mol. The molecule has 0 bridgehead atoms. The first-order chi connectivity index (χ1) is 7.56. The molecule has 1 aromatic rings. The molecule has 0 saturated carbocycles. The number of nitrogen functional groups attached to an aromatic ring is 1. The van der Waals surface area contributed by atoms with Gasteiger partial charge in [0.25, 0.3) is 0 Å². The van der Waals surface area contributed by atoms with E-state index in [1.165, 1.54) is 6.33 Å². The Balaban J connectivity index is 2.83. The van der Waals surface area contributed by atoms with Crippen molar-refractivity contribution in [2.75, 3.05) is 18.1 Å². The van der Waals surface area contributed by atoms with Crippen molar-refractivity contribution in [2.45, 2.75) is 31.7 Å². The van der Waals surface area contributed by atoms with Gasteiger partial charge in [0.05, 0.1) is 0 Å². The van der Waals surface area contributed by atoms with Crippen LogP contribution in [0.3, 0.4) is 0 Å². The van der Waals surface area contributed by atoms with Gasteiger partial charge in [-0.15, -0.1) is 11.8 Å². The van der Waals surface area contributed by atoms with Crippen molar-refractivity contribution in [3.05, 3.63) is 11.9 Å². The molecule has 0 aliphatic heterocycles. The SMILES string of the molecule is CC(CO)CSc1ncnc(N)c1C(C)C. The number of thioether (sulfide) groups is 1. The number of aliphatic hydroxyl groups excluding tert-OH is 1. The fourth-order valence-electron chi connectivity index (χ4n) is 1.32. The third-order valence-corrected chi connectivity index (χ3v) is 3.61. The molecule has 5 heteroatoms. The number of anilines is 1. The van der Waals surface area contributed by atoms with E-state index in [1.807, 2.05) is 6.92 Å². The lowest BCUT2D eigenvalue weighted by molar-refractivity contribution is 0.250.